The first-order valence-electron chi connectivity index (χ1n) is 9.53. The van der Waals surface area contributed by atoms with Gasteiger partial charge in [-0.25, -0.2) is 0 Å². The molecule has 0 radical (unpaired) electrons. The molecule has 4 rings (SSSR count). The van der Waals surface area contributed by atoms with E-state index in [0.29, 0.717) is 11.6 Å². The Morgan fingerprint density at radius 3 is 2.48 bits per heavy atom. The molecule has 0 heterocycles. The van der Waals surface area contributed by atoms with Crippen molar-refractivity contribution >= 4 is 5.91 Å². The Labute approximate surface area is 140 Å². The molecule has 0 N–H and O–H groups in total. The van der Waals surface area contributed by atoms with Crippen molar-refractivity contribution in [1.82, 2.24) is 4.90 Å². The summed E-state index contributed by atoms with van der Waals surface area (Å²) in [6, 6.07) is 0.468. The minimum absolute atomic E-state index is 0.150. The molecule has 3 heteroatoms. The van der Waals surface area contributed by atoms with E-state index >= 15 is 0 Å². The van der Waals surface area contributed by atoms with Gasteiger partial charge < -0.3 is 9.64 Å². The number of rotatable bonds is 5. The largest absolute Gasteiger partial charge is 0.381 e. The lowest BCUT2D eigenvalue weighted by Crippen LogP contribution is -2.47. The molecule has 0 aromatic carbocycles. The molecule has 0 spiro atoms. The number of ether oxygens (including phenoxy) is 1. The van der Waals surface area contributed by atoms with Gasteiger partial charge in [-0.15, -0.1) is 0 Å². The van der Waals surface area contributed by atoms with Gasteiger partial charge in [0.25, 0.3) is 0 Å². The first-order valence-corrected chi connectivity index (χ1v) is 9.53. The van der Waals surface area contributed by atoms with E-state index in [1.54, 1.807) is 0 Å². The number of hydrogen-bond acceptors (Lipinski definition) is 2. The van der Waals surface area contributed by atoms with Crippen LogP contribution in [0.15, 0.2) is 12.2 Å². The van der Waals surface area contributed by atoms with Crippen molar-refractivity contribution < 1.29 is 9.53 Å². The van der Waals surface area contributed by atoms with E-state index in [1.807, 2.05) is 18.9 Å². The highest BCUT2D eigenvalue weighted by atomic mass is 16.5. The normalized spacial score (nSPS) is 46.2. The summed E-state index contributed by atoms with van der Waals surface area (Å²) in [5, 5.41) is 0. The molecule has 0 saturated heterocycles. The average molecular weight is 317 g/mol. The van der Waals surface area contributed by atoms with E-state index in [2.05, 4.69) is 13.5 Å². The standard InChI is InChI=1S/C20H31NO2/c1-5-23-10-14-6-12-7-15(14)18-13-8-16(19(12)18)17(9-13)21(4)20(22)11(2)3/h12-19H,2,5-10H2,1,3-4H3. The summed E-state index contributed by atoms with van der Waals surface area (Å²) in [5.74, 6) is 6.22. The van der Waals surface area contributed by atoms with Gasteiger partial charge in [-0.3, -0.25) is 4.79 Å². The smallest absolute Gasteiger partial charge is 0.248 e. The molecule has 4 saturated carbocycles. The second-order valence-electron chi connectivity index (χ2n) is 8.63. The minimum Gasteiger partial charge on any atom is -0.381 e. The number of carbonyl (C=O) groups is 1. The first-order chi connectivity index (χ1) is 11.0. The van der Waals surface area contributed by atoms with E-state index in [1.165, 1.54) is 25.7 Å². The van der Waals surface area contributed by atoms with Crippen molar-refractivity contribution in [2.75, 3.05) is 20.3 Å². The lowest BCUT2D eigenvalue weighted by Gasteiger charge is -2.44. The van der Waals surface area contributed by atoms with Crippen LogP contribution in [0.3, 0.4) is 0 Å². The maximum Gasteiger partial charge on any atom is 0.248 e. The van der Waals surface area contributed by atoms with Crippen molar-refractivity contribution in [2.24, 2.45) is 41.4 Å². The number of fused-ring (bicyclic) bond motifs is 9. The summed E-state index contributed by atoms with van der Waals surface area (Å²) in [4.78, 5) is 14.4. The zero-order valence-corrected chi connectivity index (χ0v) is 14.8. The van der Waals surface area contributed by atoms with Crippen LogP contribution < -0.4 is 0 Å². The molecule has 4 bridgehead atoms. The topological polar surface area (TPSA) is 29.5 Å². The number of carbonyl (C=O) groups excluding carboxylic acids is 1. The Morgan fingerprint density at radius 1 is 1.13 bits per heavy atom. The monoisotopic (exact) mass is 317 g/mol. The van der Waals surface area contributed by atoms with Crippen LogP contribution in [-0.2, 0) is 9.53 Å². The summed E-state index contributed by atoms with van der Waals surface area (Å²) in [6.45, 7) is 9.62. The third kappa shape index (κ3) is 2.22. The van der Waals surface area contributed by atoms with E-state index in [9.17, 15) is 4.79 Å². The molecule has 8 atom stereocenters. The van der Waals surface area contributed by atoms with Gasteiger partial charge in [-0.05, 0) is 81.0 Å². The minimum atomic E-state index is 0.150. The summed E-state index contributed by atoms with van der Waals surface area (Å²) in [7, 11) is 2.00. The number of amides is 1. The Bertz CT molecular complexity index is 516. The fraction of sp³-hybridized carbons (Fsp3) is 0.850. The molecule has 4 aliphatic rings. The number of hydrogen-bond donors (Lipinski definition) is 0. The lowest BCUT2D eigenvalue weighted by atomic mass is 9.66. The Hall–Kier alpha value is -0.830. The zero-order valence-electron chi connectivity index (χ0n) is 14.8. The van der Waals surface area contributed by atoms with E-state index in [0.717, 1.165) is 54.6 Å². The Balaban J connectivity index is 1.47. The predicted octanol–water partition coefficient (Wildman–Crippen LogP) is 3.35. The second kappa shape index (κ2) is 5.61. The molecular weight excluding hydrogens is 286 g/mol. The molecule has 8 unspecified atom stereocenters. The van der Waals surface area contributed by atoms with Gasteiger partial charge in [0, 0.05) is 31.9 Å². The van der Waals surface area contributed by atoms with Gasteiger partial charge in [0.1, 0.15) is 0 Å². The molecule has 23 heavy (non-hydrogen) atoms. The predicted molar refractivity (Wildman–Crippen MR) is 90.8 cm³/mol. The van der Waals surface area contributed by atoms with Crippen LogP contribution in [-0.4, -0.2) is 37.1 Å². The summed E-state index contributed by atoms with van der Waals surface area (Å²) in [6.07, 6.45) is 5.40. The quantitative estimate of drug-likeness (QED) is 0.575. The molecule has 0 aromatic rings. The number of likely N-dealkylation sites (N-methyl/N-ethyl adjacent to an activating group) is 1. The molecular formula is C20H31NO2. The van der Waals surface area contributed by atoms with Crippen molar-refractivity contribution in [3.63, 3.8) is 0 Å². The third-order valence-electron chi connectivity index (χ3n) is 7.64. The van der Waals surface area contributed by atoms with Crippen molar-refractivity contribution in [2.45, 2.75) is 45.6 Å². The lowest BCUT2D eigenvalue weighted by molar-refractivity contribution is -0.129. The molecule has 0 aliphatic heterocycles. The highest BCUT2D eigenvalue weighted by molar-refractivity contribution is 5.92. The van der Waals surface area contributed by atoms with Crippen LogP contribution >= 0.6 is 0 Å². The van der Waals surface area contributed by atoms with E-state index < -0.39 is 0 Å². The SMILES string of the molecule is C=C(C)C(=O)N(C)C1CC2CC1C1C3CC(COCC)C(C3)C21. The fourth-order valence-corrected chi connectivity index (χ4v) is 7.06. The maximum atomic E-state index is 12.3. The highest BCUT2D eigenvalue weighted by Crippen LogP contribution is 2.69. The Morgan fingerprint density at radius 2 is 1.78 bits per heavy atom. The van der Waals surface area contributed by atoms with E-state index in [4.69, 9.17) is 4.74 Å². The maximum absolute atomic E-state index is 12.3. The van der Waals surface area contributed by atoms with E-state index in [-0.39, 0.29) is 5.91 Å². The highest BCUT2D eigenvalue weighted by Gasteiger charge is 2.65. The number of nitrogens with zero attached hydrogens (tertiary/aromatic N) is 1. The van der Waals surface area contributed by atoms with Gasteiger partial charge in [0.15, 0.2) is 0 Å². The van der Waals surface area contributed by atoms with Crippen LogP contribution in [0.2, 0.25) is 0 Å². The summed E-state index contributed by atoms with van der Waals surface area (Å²) >= 11 is 0. The fourth-order valence-electron chi connectivity index (χ4n) is 7.06. The molecule has 4 aliphatic carbocycles. The van der Waals surface area contributed by atoms with Crippen molar-refractivity contribution in [1.29, 1.82) is 0 Å². The van der Waals surface area contributed by atoms with Crippen LogP contribution in [0.25, 0.3) is 0 Å². The molecule has 3 nitrogen and oxygen atoms in total. The van der Waals surface area contributed by atoms with Crippen LogP contribution in [0.5, 0.6) is 0 Å². The summed E-state index contributed by atoms with van der Waals surface area (Å²) < 4.78 is 5.75. The van der Waals surface area contributed by atoms with Gasteiger partial charge in [-0.1, -0.05) is 6.58 Å². The van der Waals surface area contributed by atoms with Crippen LogP contribution in [0, 0.1) is 41.4 Å². The van der Waals surface area contributed by atoms with Crippen LogP contribution in [0.4, 0.5) is 0 Å². The van der Waals surface area contributed by atoms with Crippen LogP contribution in [0.1, 0.15) is 39.5 Å². The molecule has 4 fully saturated rings. The van der Waals surface area contributed by atoms with Gasteiger partial charge in [-0.2, -0.15) is 0 Å². The van der Waals surface area contributed by atoms with Crippen molar-refractivity contribution in [3.05, 3.63) is 12.2 Å². The van der Waals surface area contributed by atoms with Crippen molar-refractivity contribution in [3.8, 4) is 0 Å². The summed E-state index contributed by atoms with van der Waals surface area (Å²) in [5.41, 5.74) is 0.677. The Kier molecular flexibility index (Phi) is 3.83. The first kappa shape index (κ1) is 15.7. The van der Waals surface area contributed by atoms with Gasteiger partial charge >= 0.3 is 0 Å². The second-order valence-corrected chi connectivity index (χ2v) is 8.63. The van der Waals surface area contributed by atoms with Gasteiger partial charge in [0.2, 0.25) is 5.91 Å². The molecule has 0 aromatic heterocycles. The molecule has 128 valence electrons. The molecule has 1 amide bonds. The van der Waals surface area contributed by atoms with Gasteiger partial charge in [0.05, 0.1) is 0 Å². The average Bonchev–Trinajstić information content (AvgIpc) is 3.27. The zero-order chi connectivity index (χ0) is 16.3. The third-order valence-corrected chi connectivity index (χ3v) is 7.64.